The molecule has 4 rings (SSSR count). The van der Waals surface area contributed by atoms with E-state index in [-0.39, 0.29) is 22.4 Å². The molecular weight excluding hydrogens is 582 g/mol. The molecule has 0 amide bonds. The molecule has 0 bridgehead atoms. The van der Waals surface area contributed by atoms with Crippen LogP contribution in [0.25, 0.3) is 0 Å². The number of hydrogen-bond donors (Lipinski definition) is 2. The van der Waals surface area contributed by atoms with Crippen molar-refractivity contribution in [2.24, 2.45) is 0 Å². The van der Waals surface area contributed by atoms with E-state index in [1.54, 1.807) is 60.3 Å². The molecule has 210 valence electrons. The minimum atomic E-state index is -4.32. The molecular formula is C28H25ClF2N2O5S2. The van der Waals surface area contributed by atoms with E-state index in [1.165, 1.54) is 24.3 Å². The zero-order chi connectivity index (χ0) is 28.7. The first kappa shape index (κ1) is 29.6. The molecule has 0 radical (unpaired) electrons. The number of hydrogen-bond acceptors (Lipinski definition) is 7. The van der Waals surface area contributed by atoms with Crippen LogP contribution in [0.5, 0.6) is 5.75 Å². The van der Waals surface area contributed by atoms with Gasteiger partial charge in [-0.25, -0.2) is 17.2 Å². The SMILES string of the molecule is O=S(=O)(c1ccc(Cl)cc1)N(Cc1ccccc1OCCCSc1ccc(N(O)O)cc1)c1cc(F)ccc1F. The Morgan fingerprint density at radius 2 is 1.60 bits per heavy atom. The summed E-state index contributed by atoms with van der Waals surface area (Å²) >= 11 is 7.48. The highest BCUT2D eigenvalue weighted by Gasteiger charge is 2.29. The Morgan fingerprint density at radius 1 is 0.900 bits per heavy atom. The first-order valence-electron chi connectivity index (χ1n) is 12.0. The van der Waals surface area contributed by atoms with Crippen molar-refractivity contribution in [1.29, 1.82) is 0 Å². The number of benzene rings is 4. The number of nitrogens with zero attached hydrogens (tertiary/aromatic N) is 2. The van der Waals surface area contributed by atoms with E-state index in [9.17, 15) is 17.2 Å². The summed E-state index contributed by atoms with van der Waals surface area (Å²) in [7, 11) is -4.32. The first-order chi connectivity index (χ1) is 19.1. The first-order valence-corrected chi connectivity index (χ1v) is 14.8. The number of rotatable bonds is 12. The quantitative estimate of drug-likeness (QED) is 0.100. The third-order valence-corrected chi connectivity index (χ3v) is 8.87. The van der Waals surface area contributed by atoms with E-state index >= 15 is 0 Å². The van der Waals surface area contributed by atoms with Crippen LogP contribution in [-0.4, -0.2) is 31.2 Å². The van der Waals surface area contributed by atoms with Gasteiger partial charge in [0, 0.05) is 27.3 Å². The van der Waals surface area contributed by atoms with Crippen molar-refractivity contribution in [3.8, 4) is 5.75 Å². The molecule has 7 nitrogen and oxygen atoms in total. The van der Waals surface area contributed by atoms with Gasteiger partial charge < -0.3 is 4.74 Å². The lowest BCUT2D eigenvalue weighted by molar-refractivity contribution is 0.0291. The molecule has 40 heavy (non-hydrogen) atoms. The van der Waals surface area contributed by atoms with Crippen molar-refractivity contribution in [1.82, 2.24) is 0 Å². The fraction of sp³-hybridized carbons (Fsp3) is 0.143. The van der Waals surface area contributed by atoms with Crippen molar-refractivity contribution < 1.29 is 32.3 Å². The summed E-state index contributed by atoms with van der Waals surface area (Å²) in [6, 6.07) is 21.5. The Kier molecular flexibility index (Phi) is 9.88. The highest BCUT2D eigenvalue weighted by atomic mass is 35.5. The zero-order valence-electron chi connectivity index (χ0n) is 21.0. The molecule has 0 aliphatic heterocycles. The minimum Gasteiger partial charge on any atom is -0.493 e. The molecule has 0 aliphatic rings. The summed E-state index contributed by atoms with van der Waals surface area (Å²) in [5.74, 6) is -0.562. The third kappa shape index (κ3) is 7.43. The van der Waals surface area contributed by atoms with E-state index in [4.69, 9.17) is 26.8 Å². The van der Waals surface area contributed by atoms with Gasteiger partial charge in [-0.2, -0.15) is 0 Å². The zero-order valence-corrected chi connectivity index (χ0v) is 23.3. The van der Waals surface area contributed by atoms with Gasteiger partial charge in [-0.15, -0.1) is 17.0 Å². The number of halogens is 3. The van der Waals surface area contributed by atoms with Crippen LogP contribution in [-0.2, 0) is 16.6 Å². The summed E-state index contributed by atoms with van der Waals surface area (Å²) in [4.78, 5) is 0.806. The molecule has 0 aromatic heterocycles. The highest BCUT2D eigenvalue weighted by Crippen LogP contribution is 2.32. The van der Waals surface area contributed by atoms with Gasteiger partial charge in [0.1, 0.15) is 17.4 Å². The van der Waals surface area contributed by atoms with Crippen LogP contribution in [0.3, 0.4) is 0 Å². The number of ether oxygens (including phenoxy) is 1. The predicted molar refractivity (Wildman–Crippen MR) is 151 cm³/mol. The molecule has 0 fully saturated rings. The molecule has 4 aromatic rings. The second-order valence-electron chi connectivity index (χ2n) is 8.50. The van der Waals surface area contributed by atoms with Gasteiger partial charge in [-0.1, -0.05) is 29.8 Å². The standard InChI is InChI=1S/C28H25ClF2N2O5S2/c29-21-6-13-25(14-7-21)40(36,37)32(27-18-22(30)8-15-26(27)31)19-20-4-1-2-5-28(20)38-16-3-17-39-24-11-9-23(10-12-24)33(34)35/h1-2,4-15,18,34-35H,3,16-17,19H2. The topological polar surface area (TPSA) is 90.3 Å². The molecule has 0 aliphatic carbocycles. The van der Waals surface area contributed by atoms with E-state index in [0.29, 0.717) is 35.1 Å². The van der Waals surface area contributed by atoms with E-state index in [1.807, 2.05) is 0 Å². The average Bonchev–Trinajstić information content (AvgIpc) is 2.94. The summed E-state index contributed by atoms with van der Waals surface area (Å²) in [6.07, 6.45) is 0.651. The molecule has 0 saturated heterocycles. The second-order valence-corrected chi connectivity index (χ2v) is 12.0. The Balaban J connectivity index is 1.50. The Bertz CT molecular complexity index is 1540. The maximum atomic E-state index is 14.9. The van der Waals surface area contributed by atoms with Crippen LogP contribution in [0.4, 0.5) is 20.2 Å². The second kappa shape index (κ2) is 13.3. The van der Waals surface area contributed by atoms with Gasteiger partial charge in [0.15, 0.2) is 0 Å². The Morgan fingerprint density at radius 3 is 2.30 bits per heavy atom. The molecule has 0 spiro atoms. The number of sulfonamides is 1. The van der Waals surface area contributed by atoms with Gasteiger partial charge >= 0.3 is 0 Å². The normalized spacial score (nSPS) is 11.3. The van der Waals surface area contributed by atoms with Crippen molar-refractivity contribution in [2.75, 3.05) is 21.9 Å². The highest BCUT2D eigenvalue weighted by molar-refractivity contribution is 7.99. The molecule has 0 atom stereocenters. The number of para-hydroxylation sites is 1. The fourth-order valence-electron chi connectivity index (χ4n) is 3.75. The summed E-state index contributed by atoms with van der Waals surface area (Å²) < 4.78 is 63.0. The lowest BCUT2D eigenvalue weighted by Gasteiger charge is -2.26. The number of anilines is 2. The lowest BCUT2D eigenvalue weighted by atomic mass is 10.2. The fourth-order valence-corrected chi connectivity index (χ4v) is 6.14. The van der Waals surface area contributed by atoms with E-state index < -0.39 is 27.3 Å². The van der Waals surface area contributed by atoms with Crippen molar-refractivity contribution in [2.45, 2.75) is 22.8 Å². The predicted octanol–water partition coefficient (Wildman–Crippen LogP) is 7.16. The molecule has 0 heterocycles. The van der Waals surface area contributed by atoms with Crippen LogP contribution in [0, 0.1) is 11.6 Å². The largest absolute Gasteiger partial charge is 0.493 e. The van der Waals surface area contributed by atoms with Gasteiger partial charge in [0.25, 0.3) is 10.0 Å². The Hall–Kier alpha value is -3.35. The van der Waals surface area contributed by atoms with E-state index in [2.05, 4.69) is 0 Å². The van der Waals surface area contributed by atoms with Crippen LogP contribution < -0.4 is 14.3 Å². The van der Waals surface area contributed by atoms with Gasteiger partial charge in [-0.05, 0) is 73.2 Å². The minimum absolute atomic E-state index is 0.0459. The maximum Gasteiger partial charge on any atom is 0.264 e. The smallest absolute Gasteiger partial charge is 0.264 e. The molecule has 2 N–H and O–H groups in total. The van der Waals surface area contributed by atoms with Crippen LogP contribution >= 0.6 is 23.4 Å². The average molecular weight is 607 g/mol. The summed E-state index contributed by atoms with van der Waals surface area (Å²) in [6.45, 7) is 0.0107. The van der Waals surface area contributed by atoms with Crippen molar-refractivity contribution in [3.63, 3.8) is 0 Å². The van der Waals surface area contributed by atoms with Gasteiger partial charge in [0.2, 0.25) is 0 Å². The monoisotopic (exact) mass is 606 g/mol. The maximum absolute atomic E-state index is 14.9. The summed E-state index contributed by atoms with van der Waals surface area (Å²) in [5.41, 5.74) is 0.275. The van der Waals surface area contributed by atoms with Crippen molar-refractivity contribution in [3.05, 3.63) is 113 Å². The third-order valence-electron chi connectivity index (χ3n) is 5.75. The van der Waals surface area contributed by atoms with Gasteiger partial charge in [-0.3, -0.25) is 14.7 Å². The van der Waals surface area contributed by atoms with E-state index in [0.717, 1.165) is 27.4 Å². The Labute approximate surface area is 240 Å². The lowest BCUT2D eigenvalue weighted by Crippen LogP contribution is -2.31. The van der Waals surface area contributed by atoms with Crippen LogP contribution in [0.15, 0.2) is 101 Å². The van der Waals surface area contributed by atoms with Gasteiger partial charge in [0.05, 0.1) is 29.4 Å². The molecule has 4 aromatic carbocycles. The van der Waals surface area contributed by atoms with Crippen molar-refractivity contribution >= 4 is 44.8 Å². The molecule has 12 heteroatoms. The molecule has 0 unspecified atom stereocenters. The summed E-state index contributed by atoms with van der Waals surface area (Å²) in [5, 5.41) is 18.5. The number of thioether (sulfide) groups is 1. The van der Waals surface area contributed by atoms with Crippen LogP contribution in [0.1, 0.15) is 12.0 Å². The molecule has 0 saturated carbocycles. The van der Waals surface area contributed by atoms with Crippen LogP contribution in [0.2, 0.25) is 5.02 Å².